The number of halogens is 1. The second kappa shape index (κ2) is 4.56. The van der Waals surface area contributed by atoms with Crippen LogP contribution < -0.4 is 15.4 Å². The fourth-order valence-corrected chi connectivity index (χ4v) is 3.03. The molecule has 0 atom stereocenters. The van der Waals surface area contributed by atoms with E-state index in [1.54, 1.807) is 13.2 Å². The van der Waals surface area contributed by atoms with Crippen molar-refractivity contribution in [2.75, 3.05) is 44.0 Å². The topological polar surface area (TPSA) is 47.7 Å². The third kappa shape index (κ3) is 2.12. The maximum Gasteiger partial charge on any atom is 0.148 e. The number of methoxy groups -OCH3 is 1. The van der Waals surface area contributed by atoms with Crippen molar-refractivity contribution in [2.24, 2.45) is 5.41 Å². The minimum Gasteiger partial charge on any atom is -0.495 e. The lowest BCUT2D eigenvalue weighted by Crippen LogP contribution is -2.58. The van der Waals surface area contributed by atoms with Crippen LogP contribution in [0.15, 0.2) is 12.1 Å². The Morgan fingerprint density at radius 2 is 2.00 bits per heavy atom. The van der Waals surface area contributed by atoms with E-state index >= 15 is 0 Å². The lowest BCUT2D eigenvalue weighted by molar-refractivity contribution is -0.000397. The minimum absolute atomic E-state index is 0.278. The fourth-order valence-electron chi connectivity index (χ4n) is 3.03. The lowest BCUT2D eigenvalue weighted by Gasteiger charge is -2.53. The molecular formula is C14H19FN2O2. The number of nitrogen functional groups attached to an aromatic ring is 1. The summed E-state index contributed by atoms with van der Waals surface area (Å²) in [7, 11) is 1.55. The van der Waals surface area contributed by atoms with Gasteiger partial charge in [-0.2, -0.15) is 0 Å². The summed E-state index contributed by atoms with van der Waals surface area (Å²) in [5.74, 6) is 0.254. The third-order valence-corrected chi connectivity index (χ3v) is 4.25. The van der Waals surface area contributed by atoms with Crippen molar-refractivity contribution in [3.63, 3.8) is 0 Å². The van der Waals surface area contributed by atoms with E-state index < -0.39 is 0 Å². The first-order valence-corrected chi connectivity index (χ1v) is 6.59. The Balaban J connectivity index is 1.77. The number of rotatable bonds is 2. The SMILES string of the molecule is COc1cc(N2CC3(CCOCC3)C2)c(F)cc1N. The molecule has 1 aromatic rings. The summed E-state index contributed by atoms with van der Waals surface area (Å²) < 4.78 is 24.5. The van der Waals surface area contributed by atoms with Gasteiger partial charge in [-0.1, -0.05) is 0 Å². The number of anilines is 2. The van der Waals surface area contributed by atoms with Gasteiger partial charge >= 0.3 is 0 Å². The molecule has 0 aromatic heterocycles. The number of benzene rings is 1. The first-order valence-electron chi connectivity index (χ1n) is 6.59. The summed E-state index contributed by atoms with van der Waals surface area (Å²) >= 11 is 0. The molecule has 2 aliphatic heterocycles. The smallest absolute Gasteiger partial charge is 0.148 e. The summed E-state index contributed by atoms with van der Waals surface area (Å²) in [6, 6.07) is 3.03. The van der Waals surface area contributed by atoms with Crippen molar-refractivity contribution in [3.8, 4) is 5.75 Å². The van der Waals surface area contributed by atoms with Crippen LogP contribution in [0.1, 0.15) is 12.8 Å². The molecule has 19 heavy (non-hydrogen) atoms. The lowest BCUT2D eigenvalue weighted by atomic mass is 9.73. The van der Waals surface area contributed by atoms with Crippen molar-refractivity contribution in [1.29, 1.82) is 0 Å². The van der Waals surface area contributed by atoms with Crippen LogP contribution in [0.4, 0.5) is 15.8 Å². The summed E-state index contributed by atoms with van der Waals surface area (Å²) in [6.45, 7) is 3.42. The van der Waals surface area contributed by atoms with Crippen LogP contribution in [-0.4, -0.2) is 33.4 Å². The predicted molar refractivity (Wildman–Crippen MR) is 72.1 cm³/mol. The van der Waals surface area contributed by atoms with Crippen molar-refractivity contribution in [1.82, 2.24) is 0 Å². The average Bonchev–Trinajstić information content (AvgIpc) is 2.37. The van der Waals surface area contributed by atoms with Gasteiger partial charge in [0.1, 0.15) is 11.6 Å². The van der Waals surface area contributed by atoms with Gasteiger partial charge in [0.05, 0.1) is 18.5 Å². The molecule has 1 aromatic carbocycles. The van der Waals surface area contributed by atoms with Crippen LogP contribution in [0.5, 0.6) is 5.75 Å². The molecule has 2 fully saturated rings. The molecule has 3 rings (SSSR count). The zero-order valence-corrected chi connectivity index (χ0v) is 11.1. The van der Waals surface area contributed by atoms with Crippen LogP contribution >= 0.6 is 0 Å². The molecule has 2 heterocycles. The molecule has 2 aliphatic rings. The Morgan fingerprint density at radius 1 is 1.32 bits per heavy atom. The molecule has 4 nitrogen and oxygen atoms in total. The number of nitrogens with two attached hydrogens (primary N) is 1. The van der Waals surface area contributed by atoms with E-state index in [2.05, 4.69) is 4.90 Å². The Hall–Kier alpha value is -1.49. The standard InChI is InChI=1S/C14H19FN2O2/c1-18-13-7-12(10(15)6-11(13)16)17-8-14(9-17)2-4-19-5-3-14/h6-7H,2-5,8-9,16H2,1H3. The van der Waals surface area contributed by atoms with Crippen LogP contribution in [0.3, 0.4) is 0 Å². The van der Waals surface area contributed by atoms with Crippen LogP contribution in [0, 0.1) is 11.2 Å². The summed E-state index contributed by atoms with van der Waals surface area (Å²) in [5.41, 5.74) is 6.94. The first kappa shape index (κ1) is 12.5. The van der Waals surface area contributed by atoms with E-state index in [9.17, 15) is 4.39 Å². The van der Waals surface area contributed by atoms with E-state index in [0.717, 1.165) is 39.1 Å². The molecule has 0 bridgehead atoms. The quantitative estimate of drug-likeness (QED) is 0.832. The van der Waals surface area contributed by atoms with E-state index in [1.165, 1.54) is 6.07 Å². The molecule has 0 unspecified atom stereocenters. The van der Waals surface area contributed by atoms with Crippen LogP contribution in [-0.2, 0) is 4.74 Å². The van der Waals surface area contributed by atoms with Crippen molar-refractivity contribution in [2.45, 2.75) is 12.8 Å². The van der Waals surface area contributed by atoms with E-state index in [1.807, 2.05) is 0 Å². The van der Waals surface area contributed by atoms with Gasteiger partial charge in [-0.05, 0) is 12.8 Å². The largest absolute Gasteiger partial charge is 0.495 e. The Morgan fingerprint density at radius 3 is 2.63 bits per heavy atom. The molecule has 5 heteroatoms. The highest BCUT2D eigenvalue weighted by Gasteiger charge is 2.44. The highest BCUT2D eigenvalue weighted by molar-refractivity contribution is 5.64. The van der Waals surface area contributed by atoms with Gasteiger partial charge in [0, 0.05) is 43.9 Å². The summed E-state index contributed by atoms with van der Waals surface area (Å²) in [5, 5.41) is 0. The molecule has 0 saturated carbocycles. The number of hydrogen-bond acceptors (Lipinski definition) is 4. The van der Waals surface area contributed by atoms with Crippen LogP contribution in [0.25, 0.3) is 0 Å². The van der Waals surface area contributed by atoms with Gasteiger partial charge in [0.2, 0.25) is 0 Å². The number of nitrogens with zero attached hydrogens (tertiary/aromatic N) is 1. The van der Waals surface area contributed by atoms with E-state index in [0.29, 0.717) is 22.5 Å². The van der Waals surface area contributed by atoms with E-state index in [4.69, 9.17) is 15.2 Å². The maximum absolute atomic E-state index is 14.0. The summed E-state index contributed by atoms with van der Waals surface area (Å²) in [4.78, 5) is 2.06. The molecule has 104 valence electrons. The third-order valence-electron chi connectivity index (χ3n) is 4.25. The average molecular weight is 266 g/mol. The first-order chi connectivity index (χ1) is 9.13. The van der Waals surface area contributed by atoms with Gasteiger partial charge in [-0.3, -0.25) is 0 Å². The second-order valence-corrected chi connectivity index (χ2v) is 5.51. The van der Waals surface area contributed by atoms with E-state index in [-0.39, 0.29) is 5.82 Å². The number of hydrogen-bond donors (Lipinski definition) is 1. The Labute approximate surface area is 112 Å². The molecular weight excluding hydrogens is 247 g/mol. The van der Waals surface area contributed by atoms with Crippen molar-refractivity contribution in [3.05, 3.63) is 17.9 Å². The van der Waals surface area contributed by atoms with Crippen molar-refractivity contribution >= 4 is 11.4 Å². The van der Waals surface area contributed by atoms with Gasteiger partial charge in [0.15, 0.2) is 0 Å². The number of ether oxygens (including phenoxy) is 2. The van der Waals surface area contributed by atoms with Gasteiger partial charge in [0.25, 0.3) is 0 Å². The molecule has 2 N–H and O–H groups in total. The molecule has 0 aliphatic carbocycles. The van der Waals surface area contributed by atoms with Crippen LogP contribution in [0.2, 0.25) is 0 Å². The minimum atomic E-state index is -0.278. The Kier molecular flexibility index (Phi) is 3.01. The van der Waals surface area contributed by atoms with Crippen molar-refractivity contribution < 1.29 is 13.9 Å². The highest BCUT2D eigenvalue weighted by Crippen LogP contribution is 2.44. The predicted octanol–water partition coefficient (Wildman–Crippen LogP) is 2.03. The molecule has 0 radical (unpaired) electrons. The highest BCUT2D eigenvalue weighted by atomic mass is 19.1. The fraction of sp³-hybridized carbons (Fsp3) is 0.571. The molecule has 0 amide bonds. The zero-order valence-electron chi connectivity index (χ0n) is 11.1. The zero-order chi connectivity index (χ0) is 13.5. The normalized spacial score (nSPS) is 21.3. The van der Waals surface area contributed by atoms with Gasteiger partial charge in [-0.15, -0.1) is 0 Å². The molecule has 1 spiro atoms. The maximum atomic E-state index is 14.0. The van der Waals surface area contributed by atoms with Gasteiger partial charge in [-0.25, -0.2) is 4.39 Å². The Bertz CT molecular complexity index is 479. The van der Waals surface area contributed by atoms with Gasteiger partial charge < -0.3 is 20.1 Å². The summed E-state index contributed by atoms with van der Waals surface area (Å²) in [6.07, 6.45) is 2.13. The monoisotopic (exact) mass is 266 g/mol. The molecule has 2 saturated heterocycles. The second-order valence-electron chi connectivity index (χ2n) is 5.51.